The van der Waals surface area contributed by atoms with Gasteiger partial charge in [0.2, 0.25) is 5.52 Å². The molecule has 0 fully saturated rings. The summed E-state index contributed by atoms with van der Waals surface area (Å²) in [5.41, 5.74) is 6.45. The average Bonchev–Trinajstić information content (AvgIpc) is 3.09. The normalized spacial score (nSPS) is 11.5. The number of aromatic nitrogens is 2. The summed E-state index contributed by atoms with van der Waals surface area (Å²) in [6.45, 7) is 7.79. The van der Waals surface area contributed by atoms with Crippen LogP contribution in [0.25, 0.3) is 43.7 Å². The molecule has 0 aliphatic heterocycles. The topological polar surface area (TPSA) is 8.81 Å². The van der Waals surface area contributed by atoms with E-state index in [1.807, 2.05) is 0 Å². The fourth-order valence-electron chi connectivity index (χ4n) is 4.58. The Hall–Kier alpha value is -2.84. The second kappa shape index (κ2) is 7.77. The van der Waals surface area contributed by atoms with Crippen molar-refractivity contribution in [2.24, 2.45) is 13.0 Å². The van der Waals surface area contributed by atoms with Crippen molar-refractivity contribution >= 4 is 32.6 Å². The third kappa shape index (κ3) is 3.36. The van der Waals surface area contributed by atoms with E-state index in [2.05, 4.69) is 110 Å². The van der Waals surface area contributed by atoms with Gasteiger partial charge < -0.3 is 17.0 Å². The smallest absolute Gasteiger partial charge is 0.212 e. The Kier molecular flexibility index (Phi) is 5.29. The van der Waals surface area contributed by atoms with E-state index in [-0.39, 0.29) is 12.4 Å². The molecule has 0 radical (unpaired) electrons. The molecule has 0 saturated heterocycles. The summed E-state index contributed by atoms with van der Waals surface area (Å²) in [6.07, 6.45) is 4.45. The van der Waals surface area contributed by atoms with Crippen molar-refractivity contribution < 1.29 is 17.0 Å². The molecule has 3 aromatic carbocycles. The minimum atomic E-state index is 0. The fraction of sp³-hybridized carbons (Fsp3) is 0.222. The molecule has 2 heterocycles. The van der Waals surface area contributed by atoms with E-state index in [1.54, 1.807) is 0 Å². The molecule has 3 heteroatoms. The molecular weight excluding hydrogens is 388 g/mol. The van der Waals surface area contributed by atoms with E-state index in [4.69, 9.17) is 0 Å². The van der Waals surface area contributed by atoms with Crippen LogP contribution < -0.4 is 17.0 Å². The SMILES string of the molecule is Cc1cccc2c[n+](C)c3ccc(-c4ccc5ccn(CC(C)C)c5c4)cc3c12.[Cl-]. The number of hydrogen-bond donors (Lipinski definition) is 0. The number of benzene rings is 3. The predicted molar refractivity (Wildman–Crippen MR) is 123 cm³/mol. The van der Waals surface area contributed by atoms with Crippen molar-refractivity contribution in [1.82, 2.24) is 4.57 Å². The van der Waals surface area contributed by atoms with E-state index in [9.17, 15) is 0 Å². The van der Waals surface area contributed by atoms with Gasteiger partial charge in [-0.25, -0.2) is 4.57 Å². The predicted octanol–water partition coefficient (Wildman–Crippen LogP) is 3.41. The fourth-order valence-corrected chi connectivity index (χ4v) is 4.58. The number of fused-ring (bicyclic) bond motifs is 4. The molecule has 0 atom stereocenters. The summed E-state index contributed by atoms with van der Waals surface area (Å²) in [5, 5.41) is 5.27. The molecule has 0 unspecified atom stereocenters. The summed E-state index contributed by atoms with van der Waals surface area (Å²) >= 11 is 0. The Morgan fingerprint density at radius 2 is 1.67 bits per heavy atom. The Labute approximate surface area is 184 Å². The number of rotatable bonds is 3. The zero-order valence-corrected chi connectivity index (χ0v) is 18.7. The van der Waals surface area contributed by atoms with Gasteiger partial charge >= 0.3 is 0 Å². The lowest BCUT2D eigenvalue weighted by Crippen LogP contribution is -3.00. The Bertz CT molecular complexity index is 1380. The minimum Gasteiger partial charge on any atom is -1.00 e. The maximum absolute atomic E-state index is 2.38. The second-order valence-electron chi connectivity index (χ2n) is 8.65. The van der Waals surface area contributed by atoms with E-state index < -0.39 is 0 Å². The Balaban J connectivity index is 0.00000218. The maximum Gasteiger partial charge on any atom is 0.212 e. The van der Waals surface area contributed by atoms with Gasteiger partial charge in [0, 0.05) is 35.1 Å². The first-order chi connectivity index (χ1) is 14.0. The quantitative estimate of drug-likeness (QED) is 0.316. The largest absolute Gasteiger partial charge is 1.00 e. The number of hydrogen-bond acceptors (Lipinski definition) is 0. The number of pyridine rings is 1. The minimum absolute atomic E-state index is 0. The van der Waals surface area contributed by atoms with Gasteiger partial charge in [-0.2, -0.15) is 0 Å². The van der Waals surface area contributed by atoms with Crippen LogP contribution in [0.4, 0.5) is 0 Å². The van der Waals surface area contributed by atoms with Crippen LogP contribution in [-0.2, 0) is 13.6 Å². The molecular formula is C27H27ClN2. The summed E-state index contributed by atoms with van der Waals surface area (Å²) in [4.78, 5) is 0. The van der Waals surface area contributed by atoms with Crippen LogP contribution in [0, 0.1) is 12.8 Å². The zero-order valence-electron chi connectivity index (χ0n) is 18.0. The first kappa shape index (κ1) is 20.4. The molecule has 5 aromatic rings. The van der Waals surface area contributed by atoms with Gasteiger partial charge in [0.1, 0.15) is 7.05 Å². The van der Waals surface area contributed by atoms with Gasteiger partial charge in [-0.3, -0.25) is 0 Å². The summed E-state index contributed by atoms with van der Waals surface area (Å²) < 4.78 is 4.61. The zero-order chi connectivity index (χ0) is 20.1. The van der Waals surface area contributed by atoms with Crippen molar-refractivity contribution in [3.63, 3.8) is 0 Å². The van der Waals surface area contributed by atoms with Crippen molar-refractivity contribution in [1.29, 1.82) is 0 Å². The van der Waals surface area contributed by atoms with Crippen LogP contribution in [0.2, 0.25) is 0 Å². The first-order valence-electron chi connectivity index (χ1n) is 10.4. The van der Waals surface area contributed by atoms with E-state index in [1.165, 1.54) is 49.3 Å². The molecule has 2 aromatic heterocycles. The number of nitrogens with zero attached hydrogens (tertiary/aromatic N) is 2. The van der Waals surface area contributed by atoms with Gasteiger partial charge in [0.25, 0.3) is 0 Å². The molecule has 0 amide bonds. The van der Waals surface area contributed by atoms with Crippen molar-refractivity contribution in [3.05, 3.63) is 78.6 Å². The lowest BCUT2D eigenvalue weighted by Gasteiger charge is -2.11. The van der Waals surface area contributed by atoms with E-state index in [0.717, 1.165) is 6.54 Å². The van der Waals surface area contributed by atoms with Crippen LogP contribution in [0.1, 0.15) is 19.4 Å². The molecule has 0 N–H and O–H groups in total. The van der Waals surface area contributed by atoms with Gasteiger partial charge in [0.05, 0.1) is 5.39 Å². The molecule has 0 spiro atoms. The van der Waals surface area contributed by atoms with Crippen molar-refractivity contribution in [3.8, 4) is 11.1 Å². The Morgan fingerprint density at radius 1 is 0.900 bits per heavy atom. The van der Waals surface area contributed by atoms with Gasteiger partial charge in [0.15, 0.2) is 6.20 Å². The molecule has 5 rings (SSSR count). The third-order valence-electron chi connectivity index (χ3n) is 5.95. The standard InChI is InChI=1S/C27H27N2.ClH/c1-18(2)16-29-13-12-20-8-9-22(15-26(20)29)21-10-11-25-24(14-21)27-19(3)6-5-7-23(27)17-28(25)4;/h5-15,17-18H,16H2,1-4H3;1H/q+1;/p-1. The molecule has 2 nitrogen and oxygen atoms in total. The van der Waals surface area contributed by atoms with Crippen LogP contribution in [0.3, 0.4) is 0 Å². The van der Waals surface area contributed by atoms with Crippen LogP contribution in [-0.4, -0.2) is 4.57 Å². The molecule has 0 bridgehead atoms. The molecule has 0 aliphatic rings. The number of halogens is 1. The highest BCUT2D eigenvalue weighted by Gasteiger charge is 2.14. The molecule has 152 valence electrons. The highest BCUT2D eigenvalue weighted by Crippen LogP contribution is 2.31. The number of aryl methyl sites for hydroxylation is 2. The average molecular weight is 415 g/mol. The van der Waals surface area contributed by atoms with Gasteiger partial charge in [-0.15, -0.1) is 0 Å². The van der Waals surface area contributed by atoms with Crippen LogP contribution >= 0.6 is 0 Å². The van der Waals surface area contributed by atoms with Gasteiger partial charge in [-0.05, 0) is 65.3 Å². The van der Waals surface area contributed by atoms with Crippen molar-refractivity contribution in [2.75, 3.05) is 0 Å². The highest BCUT2D eigenvalue weighted by molar-refractivity contribution is 6.07. The summed E-state index contributed by atoms with van der Waals surface area (Å²) in [5.74, 6) is 0.629. The molecule has 0 saturated carbocycles. The maximum atomic E-state index is 2.38. The monoisotopic (exact) mass is 414 g/mol. The highest BCUT2D eigenvalue weighted by atomic mass is 35.5. The van der Waals surface area contributed by atoms with E-state index >= 15 is 0 Å². The summed E-state index contributed by atoms with van der Waals surface area (Å²) in [7, 11) is 2.13. The second-order valence-corrected chi connectivity index (χ2v) is 8.65. The van der Waals surface area contributed by atoms with Crippen molar-refractivity contribution in [2.45, 2.75) is 27.3 Å². The lowest BCUT2D eigenvalue weighted by molar-refractivity contribution is -0.643. The third-order valence-corrected chi connectivity index (χ3v) is 5.95. The molecule has 0 aliphatic carbocycles. The van der Waals surface area contributed by atoms with Gasteiger partial charge in [-0.1, -0.05) is 38.1 Å². The van der Waals surface area contributed by atoms with E-state index in [0.29, 0.717) is 5.92 Å². The Morgan fingerprint density at radius 3 is 2.47 bits per heavy atom. The first-order valence-corrected chi connectivity index (χ1v) is 10.4. The van der Waals surface area contributed by atoms with Crippen LogP contribution in [0.5, 0.6) is 0 Å². The molecule has 30 heavy (non-hydrogen) atoms. The van der Waals surface area contributed by atoms with Crippen LogP contribution in [0.15, 0.2) is 73.1 Å². The lowest BCUT2D eigenvalue weighted by atomic mass is 9.97. The summed E-state index contributed by atoms with van der Waals surface area (Å²) in [6, 6.07) is 22.5.